The fraction of sp³-hybridized carbons (Fsp3) is 0.345. The Morgan fingerprint density at radius 2 is 1.64 bits per heavy atom. The molecule has 1 atom stereocenters. The van der Waals surface area contributed by atoms with E-state index in [0.29, 0.717) is 29.1 Å². The van der Waals surface area contributed by atoms with Gasteiger partial charge in [-0.3, -0.25) is 0 Å². The number of methoxy groups -OCH3 is 1. The lowest BCUT2D eigenvalue weighted by Crippen LogP contribution is -2.34. The van der Waals surface area contributed by atoms with Crippen LogP contribution in [0.1, 0.15) is 26.3 Å². The molecule has 0 N–H and O–H groups in total. The summed E-state index contributed by atoms with van der Waals surface area (Å²) in [6, 6.07) is 23.5. The Hall–Kier alpha value is -2.80. The maximum absolute atomic E-state index is 6.33. The van der Waals surface area contributed by atoms with Crippen molar-refractivity contribution in [3.05, 3.63) is 83.4 Å². The van der Waals surface area contributed by atoms with E-state index in [-0.39, 0.29) is 11.5 Å². The first-order chi connectivity index (χ1) is 17.1. The van der Waals surface area contributed by atoms with E-state index in [1.807, 2.05) is 79.7 Å². The molecule has 0 aliphatic carbocycles. The molecule has 1 unspecified atom stereocenters. The van der Waals surface area contributed by atoms with E-state index < -0.39 is 0 Å². The normalized spacial score (nSPS) is 12.1. The predicted octanol–water partition coefficient (Wildman–Crippen LogP) is 6.97. The summed E-state index contributed by atoms with van der Waals surface area (Å²) in [6.45, 7) is 7.57. The molecule has 192 valence electrons. The highest BCUT2D eigenvalue weighted by atomic mass is 35.5. The number of para-hydroxylation sites is 1. The Kier molecular flexibility index (Phi) is 9.60. The van der Waals surface area contributed by atoms with E-state index in [4.69, 9.17) is 38.0 Å². The molecular formula is C29H35ClN2O3S. The van der Waals surface area contributed by atoms with Crippen LogP contribution in [0, 0.1) is 0 Å². The molecule has 0 aliphatic heterocycles. The monoisotopic (exact) mass is 526 g/mol. The second-order valence-corrected chi connectivity index (χ2v) is 10.5. The van der Waals surface area contributed by atoms with Crippen LogP contribution < -0.4 is 19.3 Å². The molecule has 0 aromatic heterocycles. The molecule has 0 aliphatic rings. The number of hydrogen-bond acceptors (Lipinski definition) is 5. The summed E-state index contributed by atoms with van der Waals surface area (Å²) in [6.07, 6.45) is -0.145. The highest BCUT2D eigenvalue weighted by Gasteiger charge is 2.16. The van der Waals surface area contributed by atoms with Crippen molar-refractivity contribution in [1.29, 1.82) is 0 Å². The Labute approximate surface area is 225 Å². The summed E-state index contributed by atoms with van der Waals surface area (Å²) in [7, 11) is 5.55. The van der Waals surface area contributed by atoms with Gasteiger partial charge in [0.2, 0.25) is 0 Å². The Morgan fingerprint density at radius 1 is 0.944 bits per heavy atom. The topological polar surface area (TPSA) is 34.2 Å². The highest BCUT2D eigenvalue weighted by molar-refractivity contribution is 7.80. The fourth-order valence-electron chi connectivity index (χ4n) is 3.63. The molecule has 0 heterocycles. The van der Waals surface area contributed by atoms with Gasteiger partial charge in [0.15, 0.2) is 0 Å². The third-order valence-corrected chi connectivity index (χ3v) is 6.59. The Bertz CT molecular complexity index is 1150. The van der Waals surface area contributed by atoms with Crippen LogP contribution in [0.2, 0.25) is 5.02 Å². The first-order valence-corrected chi connectivity index (χ1v) is 12.6. The largest absolute Gasteiger partial charge is 0.491 e. The van der Waals surface area contributed by atoms with Gasteiger partial charge in [-0.25, -0.2) is 0 Å². The van der Waals surface area contributed by atoms with Crippen LogP contribution in [0.5, 0.6) is 11.5 Å². The Balaban J connectivity index is 1.58. The number of halogens is 1. The molecule has 5 nitrogen and oxygen atoms in total. The molecule has 0 saturated heterocycles. The van der Waals surface area contributed by atoms with Gasteiger partial charge in [0.1, 0.15) is 24.2 Å². The molecule has 0 saturated carbocycles. The molecule has 3 aromatic carbocycles. The van der Waals surface area contributed by atoms with Gasteiger partial charge in [0.25, 0.3) is 5.17 Å². The minimum absolute atomic E-state index is 0.0854. The number of benzene rings is 3. The van der Waals surface area contributed by atoms with Crippen LogP contribution in [-0.4, -0.2) is 45.6 Å². The number of rotatable bonds is 9. The molecule has 0 fully saturated rings. The van der Waals surface area contributed by atoms with Crippen LogP contribution in [0.15, 0.2) is 72.8 Å². The second kappa shape index (κ2) is 12.4. The van der Waals surface area contributed by atoms with Crippen LogP contribution in [0.3, 0.4) is 0 Å². The van der Waals surface area contributed by atoms with Crippen LogP contribution in [-0.2, 0) is 10.2 Å². The van der Waals surface area contributed by atoms with Gasteiger partial charge < -0.3 is 24.0 Å². The summed E-state index contributed by atoms with van der Waals surface area (Å²) in [4.78, 5) is 3.88. The zero-order valence-corrected chi connectivity index (χ0v) is 23.4. The first kappa shape index (κ1) is 27.8. The molecule has 3 aromatic rings. The highest BCUT2D eigenvalue weighted by Crippen LogP contribution is 2.27. The van der Waals surface area contributed by atoms with Gasteiger partial charge >= 0.3 is 0 Å². The number of ether oxygens (including phenoxy) is 3. The number of thiocarbonyl (C=S) groups is 1. The van der Waals surface area contributed by atoms with Crippen LogP contribution >= 0.6 is 23.8 Å². The van der Waals surface area contributed by atoms with Gasteiger partial charge in [0.05, 0.1) is 10.7 Å². The van der Waals surface area contributed by atoms with E-state index in [1.54, 1.807) is 7.11 Å². The van der Waals surface area contributed by atoms with Crippen molar-refractivity contribution >= 4 is 40.4 Å². The van der Waals surface area contributed by atoms with Gasteiger partial charge in [-0.1, -0.05) is 62.7 Å². The molecule has 0 radical (unpaired) electrons. The zero-order chi connectivity index (χ0) is 26.3. The fourth-order valence-corrected chi connectivity index (χ4v) is 4.11. The smallest absolute Gasteiger partial charge is 0.269 e. The number of hydrogen-bond donors (Lipinski definition) is 0. The molecular weight excluding hydrogens is 492 g/mol. The van der Waals surface area contributed by atoms with E-state index >= 15 is 0 Å². The van der Waals surface area contributed by atoms with E-state index in [2.05, 4.69) is 37.8 Å². The summed E-state index contributed by atoms with van der Waals surface area (Å²) >= 11 is 11.9. The van der Waals surface area contributed by atoms with Gasteiger partial charge in [-0.15, -0.1) is 0 Å². The minimum Gasteiger partial charge on any atom is -0.491 e. The lowest BCUT2D eigenvalue weighted by atomic mass is 9.87. The molecule has 7 heteroatoms. The average Bonchev–Trinajstić information content (AvgIpc) is 2.86. The van der Waals surface area contributed by atoms with Crippen molar-refractivity contribution in [2.75, 3.05) is 44.2 Å². The van der Waals surface area contributed by atoms with Gasteiger partial charge in [-0.05, 0) is 59.6 Å². The number of likely N-dealkylation sites (N-methyl/N-ethyl adjacent to an activating group) is 1. The number of nitrogens with zero attached hydrogens (tertiary/aromatic N) is 2. The van der Waals surface area contributed by atoms with Crippen molar-refractivity contribution in [3.8, 4) is 11.5 Å². The summed E-state index contributed by atoms with van der Waals surface area (Å²) in [5, 5.41) is 1.06. The standard InChI is InChI=1S/C29H35ClN2O3S/c1-29(2,3)21-14-16-23(17-15-21)35-28(36)32(5)22-10-9-11-24(18-22)34-20-25(33-6)19-31(4)27-13-8-7-12-26(27)30/h7-18,25H,19-20H2,1-6H3. The molecule has 0 bridgehead atoms. The van der Waals surface area contributed by atoms with E-state index in [9.17, 15) is 0 Å². The van der Waals surface area contributed by atoms with E-state index in [1.165, 1.54) is 5.56 Å². The molecule has 0 spiro atoms. The third kappa shape index (κ3) is 7.60. The van der Waals surface area contributed by atoms with Crippen LogP contribution in [0.4, 0.5) is 11.4 Å². The summed E-state index contributed by atoms with van der Waals surface area (Å²) in [5.41, 5.74) is 3.14. The predicted molar refractivity (Wildman–Crippen MR) is 154 cm³/mol. The first-order valence-electron chi connectivity index (χ1n) is 11.9. The van der Waals surface area contributed by atoms with Gasteiger partial charge in [0, 0.05) is 39.5 Å². The lowest BCUT2D eigenvalue weighted by molar-refractivity contribution is 0.0636. The maximum Gasteiger partial charge on any atom is 0.269 e. The maximum atomic E-state index is 6.33. The third-order valence-electron chi connectivity index (χ3n) is 5.91. The minimum atomic E-state index is -0.145. The zero-order valence-electron chi connectivity index (χ0n) is 21.8. The second-order valence-electron chi connectivity index (χ2n) is 9.70. The van der Waals surface area contributed by atoms with Crippen molar-refractivity contribution in [3.63, 3.8) is 0 Å². The van der Waals surface area contributed by atoms with Crippen molar-refractivity contribution in [2.45, 2.75) is 32.3 Å². The van der Waals surface area contributed by atoms with Crippen LogP contribution in [0.25, 0.3) is 0 Å². The molecule has 3 rings (SSSR count). The van der Waals surface area contributed by atoms with Crippen molar-refractivity contribution in [2.24, 2.45) is 0 Å². The summed E-state index contributed by atoms with van der Waals surface area (Å²) < 4.78 is 17.6. The average molecular weight is 527 g/mol. The van der Waals surface area contributed by atoms with Gasteiger partial charge in [-0.2, -0.15) is 0 Å². The Morgan fingerprint density at radius 3 is 2.28 bits per heavy atom. The van der Waals surface area contributed by atoms with Crippen molar-refractivity contribution < 1.29 is 14.2 Å². The summed E-state index contributed by atoms with van der Waals surface area (Å²) in [5.74, 6) is 1.43. The lowest BCUT2D eigenvalue weighted by Gasteiger charge is -2.26. The quantitative estimate of drug-likeness (QED) is 0.280. The molecule has 0 amide bonds. The van der Waals surface area contributed by atoms with Crippen molar-refractivity contribution in [1.82, 2.24) is 0 Å². The molecule has 36 heavy (non-hydrogen) atoms. The number of anilines is 2. The van der Waals surface area contributed by atoms with E-state index in [0.717, 1.165) is 17.1 Å². The SMILES string of the molecule is COC(COc1cccc(N(C)C(=S)Oc2ccc(C(C)(C)C)cc2)c1)CN(C)c1ccccc1Cl.